The van der Waals surface area contributed by atoms with Crippen LogP contribution in [0.3, 0.4) is 0 Å². The second kappa shape index (κ2) is 10.4. The fourth-order valence-corrected chi connectivity index (χ4v) is 3.91. The zero-order valence-electron chi connectivity index (χ0n) is 16.4. The average Bonchev–Trinajstić information content (AvgIpc) is 2.74. The second-order valence-corrected chi connectivity index (χ2v) is 7.98. The third-order valence-electron chi connectivity index (χ3n) is 5.42. The molecule has 1 aliphatic carbocycles. The molecule has 7 heteroatoms. The zero-order valence-corrected chi connectivity index (χ0v) is 17.1. The van der Waals surface area contributed by atoms with Crippen molar-refractivity contribution in [2.24, 2.45) is 17.6 Å². The fraction of sp³-hybridized carbons (Fsp3) is 0.409. The third kappa shape index (κ3) is 6.27. The van der Waals surface area contributed by atoms with Gasteiger partial charge in [-0.3, -0.25) is 9.59 Å². The van der Waals surface area contributed by atoms with Crippen LogP contribution in [0.5, 0.6) is 0 Å². The number of hydrogen-bond donors (Lipinski definition) is 3. The number of nitrogens with zero attached hydrogens (tertiary/aromatic N) is 1. The number of hydrogen-bond acceptors (Lipinski definition) is 4. The summed E-state index contributed by atoms with van der Waals surface area (Å²) >= 11 is 5.77. The molecular weight excluding hydrogens is 388 g/mol. The van der Waals surface area contributed by atoms with Gasteiger partial charge in [0, 0.05) is 18.4 Å². The van der Waals surface area contributed by atoms with Gasteiger partial charge in [0.25, 0.3) is 5.91 Å². The molecule has 0 saturated heterocycles. The van der Waals surface area contributed by atoms with E-state index in [9.17, 15) is 9.59 Å². The number of pyridine rings is 1. The lowest BCUT2D eigenvalue weighted by Crippen LogP contribution is -2.34. The topological polar surface area (TPSA) is 97.1 Å². The number of amides is 2. The summed E-state index contributed by atoms with van der Waals surface area (Å²) in [5.74, 6) is 0.726. The SMILES string of the molecule is NCC1CCCC(CNC(=O)Cc2ccccc2NC(=O)c2ccc(Cl)nc2)C1. The number of halogens is 1. The van der Waals surface area contributed by atoms with E-state index in [1.165, 1.54) is 19.0 Å². The van der Waals surface area contributed by atoms with Gasteiger partial charge in [-0.15, -0.1) is 0 Å². The maximum absolute atomic E-state index is 12.5. The second-order valence-electron chi connectivity index (χ2n) is 7.60. The van der Waals surface area contributed by atoms with Crippen LogP contribution in [0.25, 0.3) is 0 Å². The summed E-state index contributed by atoms with van der Waals surface area (Å²) in [6.45, 7) is 1.40. The molecular formula is C22H27ClN4O2. The monoisotopic (exact) mass is 414 g/mol. The predicted molar refractivity (Wildman–Crippen MR) is 115 cm³/mol. The Hall–Kier alpha value is -2.44. The molecule has 0 radical (unpaired) electrons. The van der Waals surface area contributed by atoms with Crippen LogP contribution >= 0.6 is 11.6 Å². The van der Waals surface area contributed by atoms with E-state index in [2.05, 4.69) is 15.6 Å². The van der Waals surface area contributed by atoms with Crippen molar-refractivity contribution in [3.8, 4) is 0 Å². The molecule has 6 nitrogen and oxygen atoms in total. The largest absolute Gasteiger partial charge is 0.356 e. The minimum absolute atomic E-state index is 0.0465. The number of carbonyl (C=O) groups excluding carboxylic acids is 2. The Morgan fingerprint density at radius 3 is 2.69 bits per heavy atom. The molecule has 1 aromatic carbocycles. The van der Waals surface area contributed by atoms with Crippen LogP contribution in [-0.4, -0.2) is 29.9 Å². The van der Waals surface area contributed by atoms with Gasteiger partial charge in [-0.1, -0.05) is 36.2 Å². The number of nitrogens with one attached hydrogen (secondary N) is 2. The van der Waals surface area contributed by atoms with E-state index in [0.29, 0.717) is 34.8 Å². The highest BCUT2D eigenvalue weighted by Gasteiger charge is 2.21. The average molecular weight is 415 g/mol. The summed E-state index contributed by atoms with van der Waals surface area (Å²) in [4.78, 5) is 28.9. The zero-order chi connectivity index (χ0) is 20.6. The van der Waals surface area contributed by atoms with Crippen LogP contribution in [0.15, 0.2) is 42.6 Å². The first-order chi connectivity index (χ1) is 14.0. The van der Waals surface area contributed by atoms with Gasteiger partial charge in [-0.2, -0.15) is 0 Å². The fourth-order valence-electron chi connectivity index (χ4n) is 3.80. The standard InChI is InChI=1S/C22H27ClN4O2/c23-20-9-8-18(14-25-20)22(29)27-19-7-2-1-6-17(19)11-21(28)26-13-16-5-3-4-15(10-16)12-24/h1-2,6-9,14-16H,3-5,10-13,24H2,(H,26,28)(H,27,29). The van der Waals surface area contributed by atoms with Crippen molar-refractivity contribution in [1.82, 2.24) is 10.3 Å². The van der Waals surface area contributed by atoms with E-state index in [1.54, 1.807) is 18.2 Å². The molecule has 4 N–H and O–H groups in total. The van der Waals surface area contributed by atoms with Crippen LogP contribution < -0.4 is 16.4 Å². The molecule has 2 amide bonds. The van der Waals surface area contributed by atoms with Crippen molar-refractivity contribution in [2.45, 2.75) is 32.1 Å². The van der Waals surface area contributed by atoms with Crippen molar-refractivity contribution >= 4 is 29.1 Å². The van der Waals surface area contributed by atoms with Gasteiger partial charge in [0.05, 0.1) is 12.0 Å². The van der Waals surface area contributed by atoms with Crippen molar-refractivity contribution in [2.75, 3.05) is 18.4 Å². The van der Waals surface area contributed by atoms with E-state index >= 15 is 0 Å². The van der Waals surface area contributed by atoms with Gasteiger partial charge in [0.1, 0.15) is 5.15 Å². The molecule has 0 aliphatic heterocycles. The Morgan fingerprint density at radius 1 is 1.14 bits per heavy atom. The Balaban J connectivity index is 1.56. The van der Waals surface area contributed by atoms with E-state index in [4.69, 9.17) is 17.3 Å². The number of rotatable bonds is 7. The molecule has 2 aromatic rings. The lowest BCUT2D eigenvalue weighted by molar-refractivity contribution is -0.120. The summed E-state index contributed by atoms with van der Waals surface area (Å²) in [6.07, 6.45) is 6.22. The minimum atomic E-state index is -0.294. The summed E-state index contributed by atoms with van der Waals surface area (Å²) < 4.78 is 0. The van der Waals surface area contributed by atoms with E-state index < -0.39 is 0 Å². The molecule has 1 aliphatic rings. The van der Waals surface area contributed by atoms with Crippen molar-refractivity contribution < 1.29 is 9.59 Å². The molecule has 1 aromatic heterocycles. The lowest BCUT2D eigenvalue weighted by atomic mass is 9.81. The molecule has 0 spiro atoms. The summed E-state index contributed by atoms with van der Waals surface area (Å²) in [5, 5.41) is 6.23. The number of benzene rings is 1. The van der Waals surface area contributed by atoms with Crippen LogP contribution in [-0.2, 0) is 11.2 Å². The van der Waals surface area contributed by atoms with Gasteiger partial charge in [-0.05, 0) is 61.4 Å². The molecule has 1 fully saturated rings. The Labute approximate surface area is 176 Å². The summed E-state index contributed by atoms with van der Waals surface area (Å²) in [7, 11) is 0. The van der Waals surface area contributed by atoms with Crippen molar-refractivity contribution in [3.63, 3.8) is 0 Å². The summed E-state index contributed by atoms with van der Waals surface area (Å²) in [5.41, 5.74) is 7.58. The lowest BCUT2D eigenvalue weighted by Gasteiger charge is -2.28. The molecule has 29 heavy (non-hydrogen) atoms. The van der Waals surface area contributed by atoms with Crippen molar-refractivity contribution in [3.05, 3.63) is 58.9 Å². The van der Waals surface area contributed by atoms with Gasteiger partial charge in [0.2, 0.25) is 5.91 Å². The normalized spacial score (nSPS) is 18.8. The highest BCUT2D eigenvalue weighted by atomic mass is 35.5. The first kappa shape index (κ1) is 21.3. The quantitative estimate of drug-likeness (QED) is 0.605. The Kier molecular flexibility index (Phi) is 7.61. The number of carbonyl (C=O) groups is 2. The molecule has 0 bridgehead atoms. The highest BCUT2D eigenvalue weighted by molar-refractivity contribution is 6.29. The van der Waals surface area contributed by atoms with Crippen LogP contribution in [0.1, 0.15) is 41.6 Å². The van der Waals surface area contributed by atoms with E-state index in [0.717, 1.165) is 24.9 Å². The van der Waals surface area contributed by atoms with Gasteiger partial charge in [-0.25, -0.2) is 4.98 Å². The third-order valence-corrected chi connectivity index (χ3v) is 5.64. The maximum atomic E-state index is 12.5. The van der Waals surface area contributed by atoms with Crippen molar-refractivity contribution in [1.29, 1.82) is 0 Å². The van der Waals surface area contributed by atoms with Gasteiger partial charge in [0.15, 0.2) is 0 Å². The number of para-hydroxylation sites is 1. The number of anilines is 1. The molecule has 2 unspecified atom stereocenters. The first-order valence-corrected chi connectivity index (χ1v) is 10.4. The highest BCUT2D eigenvalue weighted by Crippen LogP contribution is 2.27. The van der Waals surface area contributed by atoms with Crippen LogP contribution in [0.4, 0.5) is 5.69 Å². The molecule has 3 rings (SSSR count). The van der Waals surface area contributed by atoms with E-state index in [1.807, 2.05) is 18.2 Å². The molecule has 2 atom stereocenters. The first-order valence-electron chi connectivity index (χ1n) is 10.0. The molecule has 154 valence electrons. The number of nitrogens with two attached hydrogens (primary N) is 1. The van der Waals surface area contributed by atoms with E-state index in [-0.39, 0.29) is 18.2 Å². The Morgan fingerprint density at radius 2 is 1.93 bits per heavy atom. The van der Waals surface area contributed by atoms with Crippen LogP contribution in [0, 0.1) is 11.8 Å². The van der Waals surface area contributed by atoms with Gasteiger partial charge < -0.3 is 16.4 Å². The predicted octanol–water partition coefficient (Wildman–Crippen LogP) is 3.41. The smallest absolute Gasteiger partial charge is 0.257 e. The summed E-state index contributed by atoms with van der Waals surface area (Å²) in [6, 6.07) is 10.5. The van der Waals surface area contributed by atoms with Crippen LogP contribution in [0.2, 0.25) is 5.15 Å². The number of aromatic nitrogens is 1. The van der Waals surface area contributed by atoms with Gasteiger partial charge >= 0.3 is 0 Å². The molecule has 1 saturated carbocycles. The Bertz CT molecular complexity index is 841. The maximum Gasteiger partial charge on any atom is 0.257 e. The minimum Gasteiger partial charge on any atom is -0.356 e. The molecule has 1 heterocycles.